The van der Waals surface area contributed by atoms with Gasteiger partial charge in [0.15, 0.2) is 5.16 Å². The van der Waals surface area contributed by atoms with Crippen LogP contribution < -0.4 is 15.0 Å². The molecule has 1 aromatic heterocycles. The zero-order valence-electron chi connectivity index (χ0n) is 18.2. The van der Waals surface area contributed by atoms with Gasteiger partial charge in [0.05, 0.1) is 17.1 Å². The smallest absolute Gasteiger partial charge is 0.387 e. The van der Waals surface area contributed by atoms with Crippen LogP contribution in [0.5, 0.6) is 5.75 Å². The number of para-hydroxylation sites is 2. The van der Waals surface area contributed by atoms with E-state index < -0.39 is 6.61 Å². The molecule has 0 atom stereocenters. The van der Waals surface area contributed by atoms with E-state index in [4.69, 9.17) is 0 Å². The molecule has 0 unspecified atom stereocenters. The Morgan fingerprint density at radius 2 is 1.82 bits per heavy atom. The van der Waals surface area contributed by atoms with Crippen molar-refractivity contribution in [2.75, 3.05) is 29.1 Å². The van der Waals surface area contributed by atoms with E-state index in [2.05, 4.69) is 25.2 Å². The first-order valence-corrected chi connectivity index (χ1v) is 11.7. The molecule has 1 N–H and O–H groups in total. The standard InChI is InChI=1S/C23H25F2N5O2S/c1-16-9-11-17(12-10-16)30-22(29-13-5-2-6-14-29)27-28-23(30)33-15-20(31)26-18-7-3-4-8-19(18)32-21(24)25/h3-4,7-12,21H,2,5-6,13-15H2,1H3,(H,26,31). The molecule has 2 heterocycles. The third-order valence-electron chi connectivity index (χ3n) is 5.26. The van der Waals surface area contributed by atoms with E-state index in [1.54, 1.807) is 12.1 Å². The second-order valence-electron chi connectivity index (χ2n) is 7.71. The lowest BCUT2D eigenvalue weighted by Gasteiger charge is -2.27. The summed E-state index contributed by atoms with van der Waals surface area (Å²) in [6.45, 7) is 0.877. The topological polar surface area (TPSA) is 72.3 Å². The van der Waals surface area contributed by atoms with Gasteiger partial charge in [0.25, 0.3) is 0 Å². The number of carbonyl (C=O) groups is 1. The maximum absolute atomic E-state index is 12.6. The molecule has 4 rings (SSSR count). The fourth-order valence-electron chi connectivity index (χ4n) is 3.66. The molecule has 0 spiro atoms. The quantitative estimate of drug-likeness (QED) is 0.470. The Balaban J connectivity index is 1.52. The van der Waals surface area contributed by atoms with Crippen molar-refractivity contribution in [1.29, 1.82) is 0 Å². The maximum Gasteiger partial charge on any atom is 0.387 e. The average Bonchev–Trinajstić information content (AvgIpc) is 3.24. The van der Waals surface area contributed by atoms with Crippen LogP contribution in [0.1, 0.15) is 24.8 Å². The molecule has 1 amide bonds. The molecular weight excluding hydrogens is 448 g/mol. The van der Waals surface area contributed by atoms with Gasteiger partial charge in [-0.05, 0) is 50.5 Å². The number of hydrogen-bond acceptors (Lipinski definition) is 6. The van der Waals surface area contributed by atoms with E-state index in [0.717, 1.165) is 43.1 Å². The van der Waals surface area contributed by atoms with Crippen LogP contribution in [-0.4, -0.2) is 46.1 Å². The molecule has 1 aliphatic rings. The van der Waals surface area contributed by atoms with Crippen LogP contribution in [0.15, 0.2) is 53.7 Å². The zero-order valence-corrected chi connectivity index (χ0v) is 19.0. The number of amides is 1. The lowest BCUT2D eigenvalue weighted by molar-refractivity contribution is -0.113. The van der Waals surface area contributed by atoms with E-state index in [0.29, 0.717) is 5.16 Å². The number of ether oxygens (including phenoxy) is 1. The van der Waals surface area contributed by atoms with Gasteiger partial charge in [-0.15, -0.1) is 10.2 Å². The highest BCUT2D eigenvalue weighted by Crippen LogP contribution is 2.29. The molecule has 1 aliphatic heterocycles. The number of piperidine rings is 1. The number of aromatic nitrogens is 3. The minimum atomic E-state index is -2.97. The zero-order chi connectivity index (χ0) is 23.2. The first-order chi connectivity index (χ1) is 16.0. The molecule has 1 fully saturated rings. The van der Waals surface area contributed by atoms with Gasteiger partial charge in [-0.3, -0.25) is 9.36 Å². The molecule has 0 radical (unpaired) electrons. The van der Waals surface area contributed by atoms with Gasteiger partial charge in [-0.25, -0.2) is 0 Å². The molecule has 0 aliphatic carbocycles. The number of nitrogens with one attached hydrogen (secondary N) is 1. The molecule has 3 aromatic rings. The predicted molar refractivity (Wildman–Crippen MR) is 125 cm³/mol. The summed E-state index contributed by atoms with van der Waals surface area (Å²) >= 11 is 1.24. The van der Waals surface area contributed by atoms with Crippen molar-refractivity contribution in [1.82, 2.24) is 14.8 Å². The summed E-state index contributed by atoms with van der Waals surface area (Å²) in [5, 5.41) is 12.0. The summed E-state index contributed by atoms with van der Waals surface area (Å²) in [4.78, 5) is 14.8. The van der Waals surface area contributed by atoms with Crippen molar-refractivity contribution in [3.63, 3.8) is 0 Å². The highest BCUT2D eigenvalue weighted by molar-refractivity contribution is 7.99. The van der Waals surface area contributed by atoms with Gasteiger partial charge >= 0.3 is 6.61 Å². The Kier molecular flexibility index (Phi) is 7.43. The number of carbonyl (C=O) groups excluding carboxylic acids is 1. The Labute approximate surface area is 195 Å². The molecule has 0 saturated carbocycles. The number of halogens is 2. The number of nitrogens with zero attached hydrogens (tertiary/aromatic N) is 4. The van der Waals surface area contributed by atoms with Crippen LogP contribution in [0, 0.1) is 6.92 Å². The fraction of sp³-hybridized carbons (Fsp3) is 0.348. The lowest BCUT2D eigenvalue weighted by Crippen LogP contribution is -2.31. The van der Waals surface area contributed by atoms with Crippen molar-refractivity contribution >= 4 is 29.3 Å². The van der Waals surface area contributed by atoms with E-state index in [1.165, 1.54) is 30.3 Å². The van der Waals surface area contributed by atoms with Crippen LogP contribution in [0.2, 0.25) is 0 Å². The number of rotatable bonds is 8. The highest BCUT2D eigenvalue weighted by atomic mass is 32.2. The van der Waals surface area contributed by atoms with Gasteiger partial charge in [0, 0.05) is 13.1 Å². The van der Waals surface area contributed by atoms with Crippen molar-refractivity contribution in [2.24, 2.45) is 0 Å². The van der Waals surface area contributed by atoms with Crippen molar-refractivity contribution in [3.05, 3.63) is 54.1 Å². The molecule has 10 heteroatoms. The van der Waals surface area contributed by atoms with Crippen LogP contribution in [0.25, 0.3) is 5.69 Å². The van der Waals surface area contributed by atoms with Gasteiger partial charge in [-0.1, -0.05) is 41.6 Å². The second-order valence-corrected chi connectivity index (χ2v) is 8.66. The first-order valence-electron chi connectivity index (χ1n) is 10.7. The molecule has 7 nitrogen and oxygen atoms in total. The number of alkyl halides is 2. The van der Waals surface area contributed by atoms with E-state index in [9.17, 15) is 13.6 Å². The third-order valence-corrected chi connectivity index (χ3v) is 6.19. The number of benzene rings is 2. The molecule has 174 valence electrons. The maximum atomic E-state index is 12.6. The van der Waals surface area contributed by atoms with Crippen molar-refractivity contribution < 1.29 is 18.3 Å². The van der Waals surface area contributed by atoms with E-state index in [1.807, 2.05) is 35.8 Å². The number of thioether (sulfide) groups is 1. The summed E-state index contributed by atoms with van der Waals surface area (Å²) in [6, 6.07) is 14.2. The Hall–Kier alpha value is -3.14. The molecule has 2 aromatic carbocycles. The number of aryl methyl sites for hydroxylation is 1. The Morgan fingerprint density at radius 1 is 1.09 bits per heavy atom. The molecular formula is C23H25F2N5O2S. The normalized spacial score (nSPS) is 13.9. The monoisotopic (exact) mass is 473 g/mol. The second kappa shape index (κ2) is 10.7. The minimum absolute atomic E-state index is 0.0347. The minimum Gasteiger partial charge on any atom is -0.433 e. The SMILES string of the molecule is Cc1ccc(-n2c(SCC(=O)Nc3ccccc3OC(F)F)nnc2N2CCCCC2)cc1. The van der Waals surface area contributed by atoms with Crippen molar-refractivity contribution in [3.8, 4) is 11.4 Å². The van der Waals surface area contributed by atoms with E-state index in [-0.39, 0.29) is 23.1 Å². The van der Waals surface area contributed by atoms with Gasteiger partial charge in [0.2, 0.25) is 11.9 Å². The predicted octanol–water partition coefficient (Wildman–Crippen LogP) is 4.90. The van der Waals surface area contributed by atoms with Crippen LogP contribution in [0.3, 0.4) is 0 Å². The summed E-state index contributed by atoms with van der Waals surface area (Å²) in [5.74, 6) is 0.356. The Morgan fingerprint density at radius 3 is 2.55 bits per heavy atom. The van der Waals surface area contributed by atoms with Crippen LogP contribution in [0.4, 0.5) is 20.4 Å². The molecule has 1 saturated heterocycles. The fourth-order valence-corrected chi connectivity index (χ4v) is 4.41. The molecule has 33 heavy (non-hydrogen) atoms. The number of hydrogen-bond donors (Lipinski definition) is 1. The van der Waals surface area contributed by atoms with Crippen molar-refractivity contribution in [2.45, 2.75) is 38.0 Å². The lowest BCUT2D eigenvalue weighted by atomic mass is 10.1. The van der Waals surface area contributed by atoms with Gasteiger partial charge in [-0.2, -0.15) is 8.78 Å². The van der Waals surface area contributed by atoms with Crippen LogP contribution in [-0.2, 0) is 4.79 Å². The summed E-state index contributed by atoms with van der Waals surface area (Å²) in [5.41, 5.74) is 2.26. The summed E-state index contributed by atoms with van der Waals surface area (Å²) < 4.78 is 31.7. The first kappa shape index (κ1) is 23.0. The van der Waals surface area contributed by atoms with Gasteiger partial charge < -0.3 is 15.0 Å². The average molecular weight is 474 g/mol. The third kappa shape index (κ3) is 5.81. The highest BCUT2D eigenvalue weighted by Gasteiger charge is 2.22. The van der Waals surface area contributed by atoms with Crippen LogP contribution >= 0.6 is 11.8 Å². The number of anilines is 2. The molecule has 0 bridgehead atoms. The largest absolute Gasteiger partial charge is 0.433 e. The Bertz CT molecular complexity index is 1080. The van der Waals surface area contributed by atoms with E-state index >= 15 is 0 Å². The van der Waals surface area contributed by atoms with Gasteiger partial charge in [0.1, 0.15) is 5.75 Å². The summed E-state index contributed by atoms with van der Waals surface area (Å²) in [6.07, 6.45) is 3.41. The summed E-state index contributed by atoms with van der Waals surface area (Å²) in [7, 11) is 0.